The maximum absolute atomic E-state index is 12.9. The molecule has 30 heavy (non-hydrogen) atoms. The van der Waals surface area contributed by atoms with E-state index in [1.807, 2.05) is 42.5 Å². The van der Waals surface area contributed by atoms with Crippen LogP contribution in [-0.4, -0.2) is 22.4 Å². The Morgan fingerprint density at radius 1 is 1.10 bits per heavy atom. The predicted octanol–water partition coefficient (Wildman–Crippen LogP) is 4.61. The molecule has 0 spiro atoms. The number of aryl methyl sites for hydroxylation is 1. The van der Waals surface area contributed by atoms with Gasteiger partial charge < -0.3 is 9.47 Å². The van der Waals surface area contributed by atoms with E-state index in [1.165, 1.54) is 5.56 Å². The molecule has 0 saturated heterocycles. The molecule has 2 aromatic carbocycles. The molecular formula is C25H22N2O3. The lowest BCUT2D eigenvalue weighted by molar-refractivity contribution is 0.0861. The van der Waals surface area contributed by atoms with Crippen LogP contribution in [0.2, 0.25) is 0 Å². The Labute approximate surface area is 175 Å². The minimum absolute atomic E-state index is 0.0887. The van der Waals surface area contributed by atoms with Gasteiger partial charge in [-0.25, -0.2) is 0 Å². The minimum Gasteiger partial charge on any atom is -0.478 e. The van der Waals surface area contributed by atoms with Crippen LogP contribution in [-0.2, 0) is 19.5 Å². The quantitative estimate of drug-likeness (QED) is 0.601. The fourth-order valence-corrected chi connectivity index (χ4v) is 3.83. The van der Waals surface area contributed by atoms with E-state index in [4.69, 9.17) is 9.47 Å². The second kappa shape index (κ2) is 7.76. The summed E-state index contributed by atoms with van der Waals surface area (Å²) in [5.41, 5.74) is 4.69. The van der Waals surface area contributed by atoms with E-state index < -0.39 is 0 Å². The summed E-state index contributed by atoms with van der Waals surface area (Å²) >= 11 is 0. The number of carbonyl (C=O) groups excluding carboxylic acids is 1. The summed E-state index contributed by atoms with van der Waals surface area (Å²) < 4.78 is 12.0. The molecule has 0 saturated carbocycles. The smallest absolute Gasteiger partial charge is 0.231 e. The summed E-state index contributed by atoms with van der Waals surface area (Å²) in [6.45, 7) is 3.91. The van der Waals surface area contributed by atoms with Crippen LogP contribution in [0.1, 0.15) is 39.7 Å². The van der Waals surface area contributed by atoms with Gasteiger partial charge in [0.2, 0.25) is 5.78 Å². The van der Waals surface area contributed by atoms with Gasteiger partial charge in [-0.3, -0.25) is 14.7 Å². The van der Waals surface area contributed by atoms with E-state index in [-0.39, 0.29) is 5.78 Å². The zero-order chi connectivity index (χ0) is 20.5. The molecule has 1 aromatic heterocycles. The fourth-order valence-electron chi connectivity index (χ4n) is 3.83. The van der Waals surface area contributed by atoms with Crippen molar-refractivity contribution in [3.63, 3.8) is 0 Å². The Bertz CT molecular complexity index is 1120. The van der Waals surface area contributed by atoms with E-state index >= 15 is 0 Å². The number of rotatable bonds is 4. The van der Waals surface area contributed by atoms with Gasteiger partial charge in [0, 0.05) is 19.3 Å². The van der Waals surface area contributed by atoms with E-state index in [9.17, 15) is 4.79 Å². The SMILES string of the molecule is CCc1ccc(/C=C2\Oc3c(ccc4c3CN(Cc3ccccn3)CO4)C2=O)cc1. The lowest BCUT2D eigenvalue weighted by Crippen LogP contribution is -2.32. The van der Waals surface area contributed by atoms with Gasteiger partial charge in [-0.15, -0.1) is 0 Å². The second-order valence-electron chi connectivity index (χ2n) is 7.54. The maximum Gasteiger partial charge on any atom is 0.231 e. The van der Waals surface area contributed by atoms with Crippen molar-refractivity contribution in [3.05, 3.63) is 94.5 Å². The molecule has 0 N–H and O–H groups in total. The van der Waals surface area contributed by atoms with Gasteiger partial charge in [-0.2, -0.15) is 0 Å². The van der Waals surface area contributed by atoms with Crippen molar-refractivity contribution in [1.82, 2.24) is 9.88 Å². The highest BCUT2D eigenvalue weighted by Crippen LogP contribution is 2.42. The Morgan fingerprint density at radius 2 is 1.97 bits per heavy atom. The Balaban J connectivity index is 1.41. The largest absolute Gasteiger partial charge is 0.478 e. The Kier molecular flexibility index (Phi) is 4.81. The van der Waals surface area contributed by atoms with Crippen LogP contribution in [0.15, 0.2) is 66.6 Å². The van der Waals surface area contributed by atoms with Crippen molar-refractivity contribution in [2.24, 2.45) is 0 Å². The summed E-state index contributed by atoms with van der Waals surface area (Å²) in [7, 11) is 0. The molecule has 0 bridgehead atoms. The molecule has 5 rings (SSSR count). The Hall–Kier alpha value is -3.44. The zero-order valence-corrected chi connectivity index (χ0v) is 16.8. The van der Waals surface area contributed by atoms with Crippen LogP contribution in [0.4, 0.5) is 0 Å². The number of ketones is 1. The molecule has 0 amide bonds. The van der Waals surface area contributed by atoms with Gasteiger partial charge in [0.25, 0.3) is 0 Å². The van der Waals surface area contributed by atoms with Crippen LogP contribution in [0.25, 0.3) is 6.08 Å². The molecule has 0 atom stereocenters. The number of ether oxygens (including phenoxy) is 2. The summed E-state index contributed by atoms with van der Waals surface area (Å²) in [5, 5.41) is 0. The molecule has 0 unspecified atom stereocenters. The number of aromatic nitrogens is 1. The number of carbonyl (C=O) groups is 1. The number of benzene rings is 2. The fraction of sp³-hybridized carbons (Fsp3) is 0.200. The van der Waals surface area contributed by atoms with Gasteiger partial charge in [0.1, 0.15) is 18.2 Å². The molecular weight excluding hydrogens is 376 g/mol. The first-order valence-electron chi connectivity index (χ1n) is 10.2. The molecule has 3 aromatic rings. The van der Waals surface area contributed by atoms with E-state index in [1.54, 1.807) is 12.3 Å². The van der Waals surface area contributed by atoms with Gasteiger partial charge in [0.05, 0.1) is 16.8 Å². The van der Waals surface area contributed by atoms with Crippen molar-refractivity contribution >= 4 is 11.9 Å². The number of fused-ring (bicyclic) bond motifs is 3. The number of hydrogen-bond donors (Lipinski definition) is 0. The minimum atomic E-state index is -0.0887. The molecule has 0 fully saturated rings. The molecule has 150 valence electrons. The van der Waals surface area contributed by atoms with E-state index in [0.717, 1.165) is 29.0 Å². The molecule has 2 aliphatic rings. The van der Waals surface area contributed by atoms with Crippen LogP contribution < -0.4 is 9.47 Å². The number of nitrogens with zero attached hydrogens (tertiary/aromatic N) is 2. The lowest BCUT2D eigenvalue weighted by atomic mass is 10.0. The topological polar surface area (TPSA) is 51.7 Å². The highest BCUT2D eigenvalue weighted by Gasteiger charge is 2.33. The Morgan fingerprint density at radius 3 is 2.73 bits per heavy atom. The number of allylic oxidation sites excluding steroid dienone is 1. The number of Topliss-reactive ketones (excluding diaryl/α,β-unsaturated/α-hetero) is 1. The molecule has 5 nitrogen and oxygen atoms in total. The second-order valence-corrected chi connectivity index (χ2v) is 7.54. The molecule has 0 radical (unpaired) electrons. The highest BCUT2D eigenvalue weighted by atomic mass is 16.5. The maximum atomic E-state index is 12.9. The van der Waals surface area contributed by atoms with Crippen LogP contribution >= 0.6 is 0 Å². The summed E-state index contributed by atoms with van der Waals surface area (Å²) in [6, 6.07) is 17.7. The first-order chi connectivity index (χ1) is 14.7. The monoisotopic (exact) mass is 398 g/mol. The van der Waals surface area contributed by atoms with Gasteiger partial charge in [-0.1, -0.05) is 37.3 Å². The average Bonchev–Trinajstić information content (AvgIpc) is 3.11. The summed E-state index contributed by atoms with van der Waals surface area (Å²) in [4.78, 5) is 19.5. The predicted molar refractivity (Wildman–Crippen MR) is 114 cm³/mol. The van der Waals surface area contributed by atoms with Crippen LogP contribution in [0, 0.1) is 0 Å². The van der Waals surface area contributed by atoms with Crippen molar-refractivity contribution in [2.45, 2.75) is 26.4 Å². The first-order valence-corrected chi connectivity index (χ1v) is 10.2. The van der Waals surface area contributed by atoms with Crippen molar-refractivity contribution in [2.75, 3.05) is 6.73 Å². The third-order valence-electron chi connectivity index (χ3n) is 5.48. The third-order valence-corrected chi connectivity index (χ3v) is 5.48. The lowest BCUT2D eigenvalue weighted by Gasteiger charge is -2.29. The third kappa shape index (κ3) is 3.48. The zero-order valence-electron chi connectivity index (χ0n) is 16.8. The van der Waals surface area contributed by atoms with Crippen molar-refractivity contribution in [3.8, 4) is 11.5 Å². The number of hydrogen-bond acceptors (Lipinski definition) is 5. The van der Waals surface area contributed by atoms with E-state index in [2.05, 4.69) is 28.9 Å². The van der Waals surface area contributed by atoms with Crippen molar-refractivity contribution in [1.29, 1.82) is 0 Å². The van der Waals surface area contributed by atoms with Crippen LogP contribution in [0.5, 0.6) is 11.5 Å². The first kappa shape index (κ1) is 18.6. The number of pyridine rings is 1. The molecule has 2 aliphatic heterocycles. The summed E-state index contributed by atoms with van der Waals surface area (Å²) in [5.74, 6) is 1.64. The van der Waals surface area contributed by atoms with Crippen LogP contribution in [0.3, 0.4) is 0 Å². The standard InChI is InChI=1S/C25H22N2O3/c1-2-17-6-8-18(9-7-17)13-23-24(28)20-10-11-22-21(25(20)30-23)15-27(16-29-22)14-19-5-3-4-12-26-19/h3-13H,2,14-16H2,1H3/b23-13-. The molecule has 0 aliphatic carbocycles. The summed E-state index contributed by atoms with van der Waals surface area (Å²) in [6.07, 6.45) is 4.58. The normalized spacial score (nSPS) is 16.7. The molecule has 5 heteroatoms. The van der Waals surface area contributed by atoms with Gasteiger partial charge >= 0.3 is 0 Å². The highest BCUT2D eigenvalue weighted by molar-refractivity contribution is 6.15. The van der Waals surface area contributed by atoms with Gasteiger partial charge in [-0.05, 0) is 47.9 Å². The van der Waals surface area contributed by atoms with E-state index in [0.29, 0.717) is 36.9 Å². The molecule has 3 heterocycles. The van der Waals surface area contributed by atoms with Gasteiger partial charge in [0.15, 0.2) is 5.76 Å². The van der Waals surface area contributed by atoms with Crippen molar-refractivity contribution < 1.29 is 14.3 Å². The average molecular weight is 398 g/mol.